The molecule has 0 aliphatic heterocycles. The summed E-state index contributed by atoms with van der Waals surface area (Å²) >= 11 is 0. The van der Waals surface area contributed by atoms with E-state index < -0.39 is 0 Å². The van der Waals surface area contributed by atoms with E-state index in [1.165, 1.54) is 0 Å². The first-order chi connectivity index (χ1) is 4.34. The Morgan fingerprint density at radius 1 is 1.67 bits per heavy atom. The van der Waals surface area contributed by atoms with Crippen LogP contribution in [-0.2, 0) is 7.05 Å². The Balaban J connectivity index is 2.94. The maximum absolute atomic E-state index is 3.08. The molecule has 0 amide bonds. The molecule has 1 aromatic rings. The molecule has 1 rings (SSSR count). The van der Waals surface area contributed by atoms with Crippen LogP contribution in [0.5, 0.6) is 0 Å². The van der Waals surface area contributed by atoms with Crippen LogP contribution in [0.1, 0.15) is 12.7 Å². The number of hydrogen-bond acceptors (Lipinski definition) is 0. The van der Waals surface area contributed by atoms with Gasteiger partial charge in [-0.15, -0.1) is 0 Å². The van der Waals surface area contributed by atoms with Gasteiger partial charge in [0.2, 0.25) is 0 Å². The van der Waals surface area contributed by atoms with Crippen LogP contribution in [0.3, 0.4) is 0 Å². The third kappa shape index (κ3) is 1.19. The van der Waals surface area contributed by atoms with Crippen LogP contribution in [0, 0.1) is 0 Å². The number of allylic oxidation sites excluding steroid dienone is 1. The normalized spacial score (nSPS) is 10.9. The maximum atomic E-state index is 3.08. The number of nitrogens with zero attached hydrogens (tertiary/aromatic N) is 1. The number of hydrogen-bond donors (Lipinski definition) is 1. The Labute approximate surface area is 54.8 Å². The van der Waals surface area contributed by atoms with Gasteiger partial charge in [-0.05, 0) is 6.92 Å². The van der Waals surface area contributed by atoms with Crippen molar-refractivity contribution < 1.29 is 4.57 Å². The molecule has 0 atom stereocenters. The predicted molar refractivity (Wildman–Crippen MR) is 36.7 cm³/mol. The molecular weight excluding hydrogens is 112 g/mol. The number of aryl methyl sites for hydroxylation is 1. The van der Waals surface area contributed by atoms with E-state index in [4.69, 9.17) is 0 Å². The van der Waals surface area contributed by atoms with Crippen LogP contribution in [0.2, 0.25) is 0 Å². The summed E-state index contributed by atoms with van der Waals surface area (Å²) in [6.07, 6.45) is 7.93. The van der Waals surface area contributed by atoms with E-state index in [0.29, 0.717) is 0 Å². The van der Waals surface area contributed by atoms with Crippen molar-refractivity contribution in [2.24, 2.45) is 7.05 Å². The summed E-state index contributed by atoms with van der Waals surface area (Å²) in [6.45, 7) is 2.00. The van der Waals surface area contributed by atoms with Gasteiger partial charge in [0.05, 0.1) is 7.05 Å². The van der Waals surface area contributed by atoms with Gasteiger partial charge in [-0.2, -0.15) is 0 Å². The van der Waals surface area contributed by atoms with E-state index in [1.807, 2.05) is 43.1 Å². The number of rotatable bonds is 1. The third-order valence-corrected chi connectivity index (χ3v) is 1.23. The second-order valence-corrected chi connectivity index (χ2v) is 1.96. The second kappa shape index (κ2) is 2.49. The van der Waals surface area contributed by atoms with E-state index in [0.717, 1.165) is 5.82 Å². The zero-order chi connectivity index (χ0) is 6.69. The molecule has 0 radical (unpaired) electrons. The summed E-state index contributed by atoms with van der Waals surface area (Å²) in [5.74, 6) is 1.12. The molecule has 0 bridgehead atoms. The van der Waals surface area contributed by atoms with Crippen LogP contribution in [-0.4, -0.2) is 4.98 Å². The Morgan fingerprint density at radius 3 is 2.89 bits per heavy atom. The van der Waals surface area contributed by atoms with E-state index in [2.05, 4.69) is 4.98 Å². The van der Waals surface area contributed by atoms with Gasteiger partial charge in [0, 0.05) is 6.08 Å². The first-order valence-electron chi connectivity index (χ1n) is 3.00. The highest BCUT2D eigenvalue weighted by atomic mass is 15.0. The molecule has 0 unspecified atom stereocenters. The van der Waals surface area contributed by atoms with E-state index >= 15 is 0 Å². The fraction of sp³-hybridized carbons (Fsp3) is 0.286. The minimum Gasteiger partial charge on any atom is -0.244 e. The fourth-order valence-corrected chi connectivity index (χ4v) is 0.740. The smallest absolute Gasteiger partial charge is 0.244 e. The van der Waals surface area contributed by atoms with Crippen molar-refractivity contribution >= 4 is 6.08 Å². The monoisotopic (exact) mass is 123 g/mol. The van der Waals surface area contributed by atoms with Crippen molar-refractivity contribution in [1.82, 2.24) is 4.98 Å². The number of nitrogens with one attached hydrogen (secondary N) is 1. The highest BCUT2D eigenvalue weighted by molar-refractivity contribution is 5.35. The largest absolute Gasteiger partial charge is 0.278 e. The summed E-state index contributed by atoms with van der Waals surface area (Å²) in [4.78, 5) is 3.08. The number of H-pyrrole nitrogens is 1. The van der Waals surface area contributed by atoms with E-state index in [1.54, 1.807) is 0 Å². The molecule has 0 saturated carbocycles. The molecule has 2 heteroatoms. The van der Waals surface area contributed by atoms with Crippen molar-refractivity contribution in [2.75, 3.05) is 0 Å². The van der Waals surface area contributed by atoms with E-state index in [9.17, 15) is 0 Å². The van der Waals surface area contributed by atoms with Crippen LogP contribution >= 0.6 is 0 Å². The second-order valence-electron chi connectivity index (χ2n) is 1.96. The summed E-state index contributed by atoms with van der Waals surface area (Å²) in [6, 6.07) is 0. The predicted octanol–water partition coefficient (Wildman–Crippen LogP) is 0.872. The summed E-state index contributed by atoms with van der Waals surface area (Å²) < 4.78 is 2.03. The van der Waals surface area contributed by atoms with Crippen LogP contribution in [0.4, 0.5) is 0 Å². The molecule has 9 heavy (non-hydrogen) atoms. The lowest BCUT2D eigenvalue weighted by atomic mass is 10.5. The first kappa shape index (κ1) is 6.08. The van der Waals surface area contributed by atoms with Gasteiger partial charge in [0.15, 0.2) is 0 Å². The molecule has 0 saturated heterocycles. The van der Waals surface area contributed by atoms with Crippen LogP contribution in [0.15, 0.2) is 18.5 Å². The Hall–Kier alpha value is -1.05. The zero-order valence-electron chi connectivity index (χ0n) is 5.76. The summed E-state index contributed by atoms with van der Waals surface area (Å²) in [5.41, 5.74) is 0. The summed E-state index contributed by atoms with van der Waals surface area (Å²) in [7, 11) is 2.01. The van der Waals surface area contributed by atoms with Gasteiger partial charge >= 0.3 is 0 Å². The Kier molecular flexibility index (Phi) is 1.68. The molecular formula is C7H11N2+. The van der Waals surface area contributed by atoms with Crippen molar-refractivity contribution in [3.05, 3.63) is 24.3 Å². The zero-order valence-corrected chi connectivity index (χ0v) is 5.76. The van der Waals surface area contributed by atoms with Gasteiger partial charge in [-0.25, -0.2) is 9.55 Å². The van der Waals surface area contributed by atoms with Crippen LogP contribution < -0.4 is 4.57 Å². The summed E-state index contributed by atoms with van der Waals surface area (Å²) in [5, 5.41) is 0. The molecule has 1 N–H and O–H groups in total. The van der Waals surface area contributed by atoms with Gasteiger partial charge in [-0.1, -0.05) is 6.08 Å². The Bertz CT molecular complexity index is 210. The average molecular weight is 123 g/mol. The molecule has 1 aromatic heterocycles. The van der Waals surface area contributed by atoms with Gasteiger partial charge < -0.3 is 0 Å². The average Bonchev–Trinajstić information content (AvgIpc) is 2.18. The van der Waals surface area contributed by atoms with Crippen LogP contribution in [0.25, 0.3) is 6.08 Å². The van der Waals surface area contributed by atoms with Gasteiger partial charge in [-0.3, -0.25) is 0 Å². The minimum absolute atomic E-state index is 1.12. The Morgan fingerprint density at radius 2 is 2.44 bits per heavy atom. The maximum Gasteiger partial charge on any atom is 0.278 e. The third-order valence-electron chi connectivity index (χ3n) is 1.23. The van der Waals surface area contributed by atoms with Crippen molar-refractivity contribution in [3.8, 4) is 0 Å². The molecule has 48 valence electrons. The minimum atomic E-state index is 1.12. The molecule has 0 spiro atoms. The molecule has 0 aromatic carbocycles. The first-order valence-corrected chi connectivity index (χ1v) is 3.00. The molecule has 1 heterocycles. The highest BCUT2D eigenvalue weighted by Crippen LogP contribution is 1.86. The van der Waals surface area contributed by atoms with Crippen molar-refractivity contribution in [1.29, 1.82) is 0 Å². The van der Waals surface area contributed by atoms with Gasteiger partial charge in [0.25, 0.3) is 5.82 Å². The van der Waals surface area contributed by atoms with E-state index in [-0.39, 0.29) is 0 Å². The standard InChI is InChI=1S/C7H10N2/c1-3-4-7-8-5-6-9(7)2/h3-6H,1-2H3/p+1. The number of aromatic nitrogens is 2. The fourth-order valence-electron chi connectivity index (χ4n) is 0.740. The van der Waals surface area contributed by atoms with Crippen molar-refractivity contribution in [2.45, 2.75) is 6.92 Å². The van der Waals surface area contributed by atoms with Gasteiger partial charge in [0.1, 0.15) is 12.4 Å². The topological polar surface area (TPSA) is 19.7 Å². The molecule has 0 aliphatic carbocycles. The molecule has 2 nitrogen and oxygen atoms in total. The number of imidazole rings is 1. The number of aromatic amines is 1. The lowest BCUT2D eigenvalue weighted by molar-refractivity contribution is -0.671. The quantitative estimate of drug-likeness (QED) is 0.535. The van der Waals surface area contributed by atoms with Crippen molar-refractivity contribution in [3.63, 3.8) is 0 Å². The molecule has 0 aliphatic rings. The highest BCUT2D eigenvalue weighted by Gasteiger charge is 1.97. The molecule has 0 fully saturated rings. The SMILES string of the molecule is CC=Cc1[nH]cc[n+]1C. The lowest BCUT2D eigenvalue weighted by Crippen LogP contribution is -2.28. The lowest BCUT2D eigenvalue weighted by Gasteiger charge is -1.81.